The molecule has 0 heterocycles. The minimum Gasteiger partial charge on any atom is -0.310 e. The van der Waals surface area contributed by atoms with Gasteiger partial charge in [0.15, 0.2) is 0 Å². The van der Waals surface area contributed by atoms with Crippen LogP contribution in [0.4, 0.5) is 4.39 Å². The minimum atomic E-state index is -0.150. The summed E-state index contributed by atoms with van der Waals surface area (Å²) >= 11 is 0. The van der Waals surface area contributed by atoms with Crippen molar-refractivity contribution in [2.75, 3.05) is 6.54 Å². The summed E-state index contributed by atoms with van der Waals surface area (Å²) in [5, 5.41) is 3.50. The smallest absolute Gasteiger partial charge is 0.123 e. The maximum absolute atomic E-state index is 12.9. The molecule has 16 heavy (non-hydrogen) atoms. The zero-order valence-electron chi connectivity index (χ0n) is 9.88. The van der Waals surface area contributed by atoms with Crippen molar-refractivity contribution in [3.8, 4) is 0 Å². The first kappa shape index (κ1) is 11.6. The quantitative estimate of drug-likeness (QED) is 0.800. The van der Waals surface area contributed by atoms with Gasteiger partial charge in [-0.25, -0.2) is 4.39 Å². The first-order valence-electron chi connectivity index (χ1n) is 6.28. The van der Waals surface area contributed by atoms with Crippen molar-refractivity contribution in [3.63, 3.8) is 0 Å². The summed E-state index contributed by atoms with van der Waals surface area (Å²) in [6, 6.07) is 7.32. The summed E-state index contributed by atoms with van der Waals surface area (Å²) in [5.41, 5.74) is 1.22. The van der Waals surface area contributed by atoms with Crippen LogP contribution in [0.15, 0.2) is 24.3 Å². The van der Waals surface area contributed by atoms with Crippen LogP contribution < -0.4 is 5.32 Å². The molecule has 0 aromatic heterocycles. The van der Waals surface area contributed by atoms with Gasteiger partial charge >= 0.3 is 0 Å². The molecule has 1 atom stereocenters. The van der Waals surface area contributed by atoms with Gasteiger partial charge in [-0.15, -0.1) is 0 Å². The second-order valence-electron chi connectivity index (χ2n) is 4.69. The van der Waals surface area contributed by atoms with Gasteiger partial charge in [-0.05, 0) is 36.6 Å². The van der Waals surface area contributed by atoms with Crippen LogP contribution >= 0.6 is 0 Å². The summed E-state index contributed by atoms with van der Waals surface area (Å²) < 4.78 is 12.9. The molecule has 1 unspecified atom stereocenters. The summed E-state index contributed by atoms with van der Waals surface area (Å²) in [6.45, 7) is 3.09. The fraction of sp³-hybridized carbons (Fsp3) is 0.571. The van der Waals surface area contributed by atoms with Gasteiger partial charge in [-0.1, -0.05) is 38.3 Å². The van der Waals surface area contributed by atoms with Crippen molar-refractivity contribution >= 4 is 0 Å². The molecule has 1 fully saturated rings. The maximum Gasteiger partial charge on any atom is 0.123 e. The van der Waals surface area contributed by atoms with E-state index in [1.54, 1.807) is 12.1 Å². The van der Waals surface area contributed by atoms with Crippen LogP contribution in [0.3, 0.4) is 0 Å². The van der Waals surface area contributed by atoms with Crippen LogP contribution in [0, 0.1) is 11.7 Å². The Balaban J connectivity index is 2.01. The molecule has 1 aromatic carbocycles. The third-order valence-corrected chi connectivity index (χ3v) is 3.52. The highest BCUT2D eigenvalue weighted by atomic mass is 19.1. The van der Waals surface area contributed by atoms with E-state index >= 15 is 0 Å². The standard InChI is InChI=1S/C14H20FN/c1-2-16-14(10-11-4-3-5-11)12-6-8-13(15)9-7-12/h6-9,11,14,16H,2-5,10H2,1H3. The molecule has 0 amide bonds. The maximum atomic E-state index is 12.9. The predicted molar refractivity (Wildman–Crippen MR) is 64.8 cm³/mol. The number of benzene rings is 1. The largest absolute Gasteiger partial charge is 0.310 e. The molecule has 1 N–H and O–H groups in total. The summed E-state index contributed by atoms with van der Waals surface area (Å²) in [7, 11) is 0. The average molecular weight is 221 g/mol. The zero-order chi connectivity index (χ0) is 11.4. The van der Waals surface area contributed by atoms with E-state index in [1.807, 2.05) is 12.1 Å². The molecular formula is C14H20FN. The van der Waals surface area contributed by atoms with Gasteiger partial charge < -0.3 is 5.32 Å². The Labute approximate surface area is 97.1 Å². The molecule has 1 aliphatic carbocycles. The average Bonchev–Trinajstić information content (AvgIpc) is 2.23. The van der Waals surface area contributed by atoms with E-state index in [9.17, 15) is 4.39 Å². The first-order valence-corrected chi connectivity index (χ1v) is 6.28. The van der Waals surface area contributed by atoms with Crippen molar-refractivity contribution in [1.82, 2.24) is 5.32 Å². The molecule has 1 aliphatic rings. The van der Waals surface area contributed by atoms with Gasteiger partial charge in [0.1, 0.15) is 5.82 Å². The molecule has 2 heteroatoms. The fourth-order valence-electron chi connectivity index (χ4n) is 2.34. The molecule has 0 saturated heterocycles. The van der Waals surface area contributed by atoms with Crippen LogP contribution in [0.1, 0.15) is 44.2 Å². The zero-order valence-corrected chi connectivity index (χ0v) is 9.88. The lowest BCUT2D eigenvalue weighted by molar-refractivity contribution is 0.262. The van der Waals surface area contributed by atoms with Gasteiger partial charge in [-0.3, -0.25) is 0 Å². The van der Waals surface area contributed by atoms with Gasteiger partial charge in [0, 0.05) is 6.04 Å². The van der Waals surface area contributed by atoms with Gasteiger partial charge in [-0.2, -0.15) is 0 Å². The van der Waals surface area contributed by atoms with Crippen LogP contribution in [-0.2, 0) is 0 Å². The van der Waals surface area contributed by atoms with Crippen molar-refractivity contribution < 1.29 is 4.39 Å². The third-order valence-electron chi connectivity index (χ3n) is 3.52. The van der Waals surface area contributed by atoms with Gasteiger partial charge in [0.05, 0.1) is 0 Å². The second kappa shape index (κ2) is 5.44. The normalized spacial score (nSPS) is 18.1. The summed E-state index contributed by atoms with van der Waals surface area (Å²) in [4.78, 5) is 0. The molecule has 0 bridgehead atoms. The fourth-order valence-corrected chi connectivity index (χ4v) is 2.34. The van der Waals surface area contributed by atoms with E-state index in [0.717, 1.165) is 12.5 Å². The molecule has 88 valence electrons. The lowest BCUT2D eigenvalue weighted by Crippen LogP contribution is -2.25. The lowest BCUT2D eigenvalue weighted by atomic mass is 9.79. The Bertz CT molecular complexity index is 316. The lowest BCUT2D eigenvalue weighted by Gasteiger charge is -2.30. The molecule has 0 spiro atoms. The number of halogens is 1. The Hall–Kier alpha value is -0.890. The third kappa shape index (κ3) is 2.82. The van der Waals surface area contributed by atoms with E-state index < -0.39 is 0 Å². The number of rotatable bonds is 5. The molecule has 1 nitrogen and oxygen atoms in total. The van der Waals surface area contributed by atoms with E-state index in [4.69, 9.17) is 0 Å². The number of hydrogen-bond donors (Lipinski definition) is 1. The molecule has 0 radical (unpaired) electrons. The Morgan fingerprint density at radius 1 is 1.31 bits per heavy atom. The van der Waals surface area contributed by atoms with Crippen molar-refractivity contribution in [2.45, 2.75) is 38.6 Å². The number of hydrogen-bond acceptors (Lipinski definition) is 1. The van der Waals surface area contributed by atoms with Crippen LogP contribution in [0.25, 0.3) is 0 Å². The first-order chi connectivity index (χ1) is 7.79. The monoisotopic (exact) mass is 221 g/mol. The Morgan fingerprint density at radius 2 is 2.00 bits per heavy atom. The highest BCUT2D eigenvalue weighted by Crippen LogP contribution is 2.34. The Morgan fingerprint density at radius 3 is 2.50 bits per heavy atom. The van der Waals surface area contributed by atoms with Crippen LogP contribution in [0.2, 0.25) is 0 Å². The highest BCUT2D eigenvalue weighted by Gasteiger charge is 2.22. The molecular weight excluding hydrogens is 201 g/mol. The van der Waals surface area contributed by atoms with Crippen molar-refractivity contribution in [3.05, 3.63) is 35.6 Å². The summed E-state index contributed by atoms with van der Waals surface area (Å²) in [5.74, 6) is 0.719. The van der Waals surface area contributed by atoms with E-state index in [2.05, 4.69) is 12.2 Å². The Kier molecular flexibility index (Phi) is 3.94. The number of nitrogens with one attached hydrogen (secondary N) is 1. The second-order valence-corrected chi connectivity index (χ2v) is 4.69. The van der Waals surface area contributed by atoms with Gasteiger partial charge in [0.25, 0.3) is 0 Å². The SMILES string of the molecule is CCNC(CC1CCC1)c1ccc(F)cc1. The van der Waals surface area contributed by atoms with Gasteiger partial charge in [0.2, 0.25) is 0 Å². The topological polar surface area (TPSA) is 12.0 Å². The van der Waals surface area contributed by atoms with Crippen LogP contribution in [-0.4, -0.2) is 6.54 Å². The predicted octanol–water partition coefficient (Wildman–Crippen LogP) is 3.67. The molecule has 1 aromatic rings. The van der Waals surface area contributed by atoms with Crippen molar-refractivity contribution in [2.24, 2.45) is 5.92 Å². The molecule has 1 saturated carbocycles. The van der Waals surface area contributed by atoms with Crippen LogP contribution in [0.5, 0.6) is 0 Å². The van der Waals surface area contributed by atoms with E-state index in [0.29, 0.717) is 6.04 Å². The van der Waals surface area contributed by atoms with Crippen molar-refractivity contribution in [1.29, 1.82) is 0 Å². The van der Waals surface area contributed by atoms with E-state index in [1.165, 1.54) is 31.2 Å². The molecule has 0 aliphatic heterocycles. The summed E-state index contributed by atoms with van der Waals surface area (Å²) in [6.07, 6.45) is 5.30. The van der Waals surface area contributed by atoms with E-state index in [-0.39, 0.29) is 5.82 Å². The molecule has 2 rings (SSSR count). The highest BCUT2D eigenvalue weighted by molar-refractivity contribution is 5.20. The minimum absolute atomic E-state index is 0.150.